The Kier molecular flexibility index (Phi) is 1.92. The lowest BCUT2D eigenvalue weighted by Crippen LogP contribution is -2.31. The first-order valence-electron chi connectivity index (χ1n) is 3.96. The molecule has 4 heteroatoms. The van der Waals surface area contributed by atoms with Crippen molar-refractivity contribution in [3.63, 3.8) is 0 Å². The molecule has 0 saturated heterocycles. The fourth-order valence-electron chi connectivity index (χ4n) is 1.33. The highest BCUT2D eigenvalue weighted by molar-refractivity contribution is 5.86. The van der Waals surface area contributed by atoms with Gasteiger partial charge in [-0.15, -0.1) is 0 Å². The standard InChI is InChI=1S/C8H14O4/c1-4-12-6(10)8(11)5(9)7(8,2)3/h5,9,11H,4H2,1-3H3. The van der Waals surface area contributed by atoms with Crippen LogP contribution >= 0.6 is 0 Å². The second kappa shape index (κ2) is 2.44. The molecule has 4 nitrogen and oxygen atoms in total. The molecule has 1 fully saturated rings. The van der Waals surface area contributed by atoms with Crippen LogP contribution in [-0.4, -0.2) is 34.5 Å². The molecule has 1 aliphatic rings. The molecule has 2 N–H and O–H groups in total. The number of aliphatic hydroxyl groups excluding tert-OH is 1. The molecule has 0 aliphatic heterocycles. The second-order valence-electron chi connectivity index (χ2n) is 3.61. The van der Waals surface area contributed by atoms with E-state index < -0.39 is 23.1 Å². The first-order chi connectivity index (χ1) is 5.39. The Morgan fingerprint density at radius 2 is 2.00 bits per heavy atom. The van der Waals surface area contributed by atoms with Gasteiger partial charge in [-0.3, -0.25) is 0 Å². The van der Waals surface area contributed by atoms with Gasteiger partial charge in [0.05, 0.1) is 6.61 Å². The maximum Gasteiger partial charge on any atom is 0.341 e. The van der Waals surface area contributed by atoms with Crippen molar-refractivity contribution in [2.75, 3.05) is 6.61 Å². The molecule has 2 atom stereocenters. The Morgan fingerprint density at radius 3 is 2.25 bits per heavy atom. The number of ether oxygens (including phenoxy) is 1. The van der Waals surface area contributed by atoms with Crippen LogP contribution in [0.25, 0.3) is 0 Å². The predicted octanol–water partition coefficient (Wildman–Crippen LogP) is -0.319. The molecule has 0 spiro atoms. The van der Waals surface area contributed by atoms with Gasteiger partial charge in [-0.2, -0.15) is 0 Å². The molecule has 2 unspecified atom stereocenters. The van der Waals surface area contributed by atoms with Crippen LogP contribution in [0, 0.1) is 5.41 Å². The van der Waals surface area contributed by atoms with Crippen LogP contribution in [0.5, 0.6) is 0 Å². The first-order valence-corrected chi connectivity index (χ1v) is 3.96. The van der Waals surface area contributed by atoms with Crippen LogP contribution < -0.4 is 0 Å². The van der Waals surface area contributed by atoms with E-state index in [0.29, 0.717) is 0 Å². The molecule has 70 valence electrons. The highest BCUT2D eigenvalue weighted by atomic mass is 16.6. The Morgan fingerprint density at radius 1 is 1.58 bits per heavy atom. The monoisotopic (exact) mass is 174 g/mol. The van der Waals surface area contributed by atoms with E-state index in [0.717, 1.165) is 0 Å². The van der Waals surface area contributed by atoms with Crippen LogP contribution in [0.15, 0.2) is 0 Å². The molecule has 1 rings (SSSR count). The lowest BCUT2D eigenvalue weighted by atomic mass is 10.1. The summed E-state index contributed by atoms with van der Waals surface area (Å²) in [5.74, 6) is -0.734. The normalized spacial score (nSPS) is 37.6. The molecule has 0 aromatic carbocycles. The Hall–Kier alpha value is -0.610. The van der Waals surface area contributed by atoms with E-state index in [9.17, 15) is 15.0 Å². The van der Waals surface area contributed by atoms with E-state index in [1.807, 2.05) is 0 Å². The first kappa shape index (κ1) is 9.48. The van der Waals surface area contributed by atoms with Gasteiger partial charge in [0.2, 0.25) is 0 Å². The minimum Gasteiger partial charge on any atom is -0.464 e. The number of hydrogen-bond donors (Lipinski definition) is 2. The summed E-state index contributed by atoms with van der Waals surface area (Å²) < 4.78 is 4.63. The smallest absolute Gasteiger partial charge is 0.341 e. The van der Waals surface area contributed by atoms with E-state index >= 15 is 0 Å². The lowest BCUT2D eigenvalue weighted by molar-refractivity contribution is -0.159. The summed E-state index contributed by atoms with van der Waals surface area (Å²) in [5.41, 5.74) is -2.47. The Balaban J connectivity index is 2.71. The average Bonchev–Trinajstić information content (AvgIpc) is 2.37. The van der Waals surface area contributed by atoms with Crippen molar-refractivity contribution in [3.05, 3.63) is 0 Å². The van der Waals surface area contributed by atoms with Gasteiger partial charge >= 0.3 is 5.97 Å². The van der Waals surface area contributed by atoms with Gasteiger partial charge in [-0.1, -0.05) is 13.8 Å². The number of aliphatic hydroxyl groups is 2. The van der Waals surface area contributed by atoms with E-state index in [1.165, 1.54) is 0 Å². The van der Waals surface area contributed by atoms with Crippen molar-refractivity contribution in [1.82, 2.24) is 0 Å². The fraction of sp³-hybridized carbons (Fsp3) is 0.875. The molecular formula is C8H14O4. The quantitative estimate of drug-likeness (QED) is 0.563. The largest absolute Gasteiger partial charge is 0.464 e. The van der Waals surface area contributed by atoms with Crippen LogP contribution in [0.4, 0.5) is 0 Å². The summed E-state index contributed by atoms with van der Waals surface area (Å²) in [7, 11) is 0. The van der Waals surface area contributed by atoms with Crippen molar-refractivity contribution in [2.24, 2.45) is 5.41 Å². The zero-order valence-corrected chi connectivity index (χ0v) is 7.50. The third-order valence-electron chi connectivity index (χ3n) is 2.56. The molecule has 0 bridgehead atoms. The SMILES string of the molecule is CCOC(=O)C1(O)C(O)C1(C)C. The molecular weight excluding hydrogens is 160 g/mol. The maximum atomic E-state index is 11.1. The van der Waals surface area contributed by atoms with Crippen molar-refractivity contribution in [2.45, 2.75) is 32.5 Å². The summed E-state index contributed by atoms with van der Waals surface area (Å²) >= 11 is 0. The Bertz CT molecular complexity index is 211. The number of rotatable bonds is 2. The zero-order chi connectivity index (χ0) is 9.57. The van der Waals surface area contributed by atoms with E-state index in [-0.39, 0.29) is 6.61 Å². The van der Waals surface area contributed by atoms with Gasteiger partial charge in [0.1, 0.15) is 6.10 Å². The van der Waals surface area contributed by atoms with E-state index in [4.69, 9.17) is 0 Å². The topological polar surface area (TPSA) is 66.8 Å². The van der Waals surface area contributed by atoms with Crippen LogP contribution in [0.1, 0.15) is 20.8 Å². The molecule has 0 radical (unpaired) electrons. The Labute approximate surface area is 71.2 Å². The van der Waals surface area contributed by atoms with Crippen molar-refractivity contribution in [3.8, 4) is 0 Å². The second-order valence-corrected chi connectivity index (χ2v) is 3.61. The van der Waals surface area contributed by atoms with Gasteiger partial charge in [0.25, 0.3) is 0 Å². The van der Waals surface area contributed by atoms with E-state index in [2.05, 4.69) is 4.74 Å². The minimum absolute atomic E-state index is 0.212. The maximum absolute atomic E-state index is 11.1. The van der Waals surface area contributed by atoms with Crippen molar-refractivity contribution < 1.29 is 19.7 Å². The molecule has 0 amide bonds. The summed E-state index contributed by atoms with van der Waals surface area (Å²) in [6.07, 6.45) is -1.01. The highest BCUT2D eigenvalue weighted by Gasteiger charge is 2.76. The molecule has 0 aromatic heterocycles. The number of hydrogen-bond acceptors (Lipinski definition) is 4. The van der Waals surface area contributed by atoms with Gasteiger partial charge in [0, 0.05) is 5.41 Å². The summed E-state index contributed by atoms with van der Waals surface area (Å²) in [6, 6.07) is 0. The highest BCUT2D eigenvalue weighted by Crippen LogP contribution is 2.56. The van der Waals surface area contributed by atoms with Crippen molar-refractivity contribution in [1.29, 1.82) is 0 Å². The van der Waals surface area contributed by atoms with E-state index in [1.54, 1.807) is 20.8 Å². The molecule has 1 aliphatic carbocycles. The summed E-state index contributed by atoms with van der Waals surface area (Å²) in [5, 5.41) is 18.9. The third-order valence-corrected chi connectivity index (χ3v) is 2.56. The van der Waals surface area contributed by atoms with Gasteiger partial charge in [-0.25, -0.2) is 4.79 Å². The molecule has 0 aromatic rings. The average molecular weight is 174 g/mol. The minimum atomic E-state index is -1.69. The molecule has 0 heterocycles. The molecule has 1 saturated carbocycles. The van der Waals surface area contributed by atoms with Crippen LogP contribution in [0.3, 0.4) is 0 Å². The zero-order valence-electron chi connectivity index (χ0n) is 7.50. The summed E-state index contributed by atoms with van der Waals surface area (Å²) in [6.45, 7) is 5.11. The predicted molar refractivity (Wildman–Crippen MR) is 41.4 cm³/mol. The number of carbonyl (C=O) groups excluding carboxylic acids is 1. The molecule has 12 heavy (non-hydrogen) atoms. The van der Waals surface area contributed by atoms with Gasteiger partial charge in [-0.05, 0) is 6.92 Å². The lowest BCUT2D eigenvalue weighted by Gasteiger charge is -2.10. The fourth-order valence-corrected chi connectivity index (χ4v) is 1.33. The van der Waals surface area contributed by atoms with Crippen LogP contribution in [0.2, 0.25) is 0 Å². The third kappa shape index (κ3) is 0.881. The van der Waals surface area contributed by atoms with Gasteiger partial charge in [0.15, 0.2) is 5.60 Å². The van der Waals surface area contributed by atoms with Crippen molar-refractivity contribution >= 4 is 5.97 Å². The number of carbonyl (C=O) groups is 1. The van der Waals surface area contributed by atoms with Crippen LogP contribution in [-0.2, 0) is 9.53 Å². The number of esters is 1. The summed E-state index contributed by atoms with van der Waals surface area (Å²) in [4.78, 5) is 11.1. The van der Waals surface area contributed by atoms with Gasteiger partial charge < -0.3 is 14.9 Å².